The van der Waals surface area contributed by atoms with Gasteiger partial charge in [-0.2, -0.15) is 0 Å². The molecule has 0 amide bonds. The third kappa shape index (κ3) is 3.35. The predicted octanol–water partition coefficient (Wildman–Crippen LogP) is 4.12. The summed E-state index contributed by atoms with van der Waals surface area (Å²) in [4.78, 5) is 0. The van der Waals surface area contributed by atoms with Gasteiger partial charge in [0, 0.05) is 0 Å². The second-order valence-electron chi connectivity index (χ2n) is 6.23. The molecule has 1 saturated carbocycles. The summed E-state index contributed by atoms with van der Waals surface area (Å²) in [6, 6.07) is 9.24. The molecular weight excluding hydrogens is 218 g/mol. The lowest BCUT2D eigenvalue weighted by atomic mass is 9.75. The maximum Gasteiger partial charge on any atom is -0.00430 e. The van der Waals surface area contributed by atoms with E-state index in [1.165, 1.54) is 43.2 Å². The zero-order valence-corrected chi connectivity index (χ0v) is 11.9. The van der Waals surface area contributed by atoms with Crippen LogP contribution in [-0.2, 0) is 6.42 Å². The van der Waals surface area contributed by atoms with Crippen LogP contribution < -0.4 is 5.73 Å². The first-order valence-electron chi connectivity index (χ1n) is 7.49. The monoisotopic (exact) mass is 245 g/mol. The maximum atomic E-state index is 5.95. The van der Waals surface area contributed by atoms with Crippen molar-refractivity contribution in [2.24, 2.45) is 17.6 Å². The lowest BCUT2D eigenvalue weighted by molar-refractivity contribution is 0.314. The number of nitrogens with two attached hydrogens (primary N) is 1. The van der Waals surface area contributed by atoms with Gasteiger partial charge in [0.2, 0.25) is 0 Å². The molecule has 1 heteroatoms. The second-order valence-corrected chi connectivity index (χ2v) is 6.23. The lowest BCUT2D eigenvalue weighted by Crippen LogP contribution is -2.25. The van der Waals surface area contributed by atoms with Crippen LogP contribution in [0.2, 0.25) is 0 Å². The molecule has 0 bridgehead atoms. The van der Waals surface area contributed by atoms with Crippen LogP contribution >= 0.6 is 0 Å². The van der Waals surface area contributed by atoms with E-state index in [0.29, 0.717) is 11.8 Å². The van der Waals surface area contributed by atoms with Crippen LogP contribution in [0.15, 0.2) is 24.3 Å². The summed E-state index contributed by atoms with van der Waals surface area (Å²) < 4.78 is 0. The number of hydrogen-bond acceptors (Lipinski definition) is 1. The van der Waals surface area contributed by atoms with Crippen molar-refractivity contribution in [1.82, 2.24) is 0 Å². The highest BCUT2D eigenvalue weighted by atomic mass is 14.6. The Bertz CT molecular complexity index is 370. The Morgan fingerprint density at radius 2 is 2.00 bits per heavy atom. The van der Waals surface area contributed by atoms with Crippen molar-refractivity contribution in [3.63, 3.8) is 0 Å². The molecule has 0 radical (unpaired) electrons. The number of benzene rings is 1. The van der Waals surface area contributed by atoms with Gasteiger partial charge in [-0.1, -0.05) is 51.0 Å². The molecule has 2 unspecified atom stereocenters. The Hall–Kier alpha value is -0.820. The smallest absolute Gasteiger partial charge is 0.00430 e. The average Bonchev–Trinajstić information content (AvgIpc) is 2.38. The quantitative estimate of drug-likeness (QED) is 0.848. The molecule has 18 heavy (non-hydrogen) atoms. The van der Waals surface area contributed by atoms with E-state index < -0.39 is 0 Å². The highest BCUT2D eigenvalue weighted by molar-refractivity contribution is 5.27. The SMILES string of the molecule is CC(C)Cc1cccc(C2CCCCC2CN)c1. The first kappa shape index (κ1) is 13.6. The molecule has 1 fully saturated rings. The Balaban J connectivity index is 2.15. The van der Waals surface area contributed by atoms with Crippen molar-refractivity contribution in [3.8, 4) is 0 Å². The van der Waals surface area contributed by atoms with Crippen molar-refractivity contribution in [2.45, 2.75) is 51.9 Å². The molecule has 100 valence electrons. The summed E-state index contributed by atoms with van der Waals surface area (Å²) in [5.41, 5.74) is 8.97. The van der Waals surface area contributed by atoms with Gasteiger partial charge in [0.15, 0.2) is 0 Å². The lowest BCUT2D eigenvalue weighted by Gasteiger charge is -2.31. The van der Waals surface area contributed by atoms with Gasteiger partial charge in [0.25, 0.3) is 0 Å². The summed E-state index contributed by atoms with van der Waals surface area (Å²) in [5, 5.41) is 0. The van der Waals surface area contributed by atoms with Gasteiger partial charge in [-0.05, 0) is 54.7 Å². The molecule has 0 aliphatic heterocycles. The topological polar surface area (TPSA) is 26.0 Å². The molecule has 1 aromatic carbocycles. The van der Waals surface area contributed by atoms with E-state index in [2.05, 4.69) is 38.1 Å². The average molecular weight is 245 g/mol. The summed E-state index contributed by atoms with van der Waals surface area (Å²) in [7, 11) is 0. The van der Waals surface area contributed by atoms with Crippen LogP contribution in [0.5, 0.6) is 0 Å². The zero-order chi connectivity index (χ0) is 13.0. The van der Waals surface area contributed by atoms with Gasteiger partial charge in [-0.3, -0.25) is 0 Å². The van der Waals surface area contributed by atoms with Crippen LogP contribution in [0.4, 0.5) is 0 Å². The first-order chi connectivity index (χ1) is 8.70. The molecule has 2 rings (SSSR count). The highest BCUT2D eigenvalue weighted by Gasteiger charge is 2.25. The van der Waals surface area contributed by atoms with Crippen LogP contribution in [0.3, 0.4) is 0 Å². The molecule has 1 aliphatic carbocycles. The highest BCUT2D eigenvalue weighted by Crippen LogP contribution is 2.37. The van der Waals surface area contributed by atoms with E-state index in [4.69, 9.17) is 5.73 Å². The first-order valence-corrected chi connectivity index (χ1v) is 7.49. The van der Waals surface area contributed by atoms with Gasteiger partial charge in [-0.15, -0.1) is 0 Å². The van der Waals surface area contributed by atoms with E-state index in [1.54, 1.807) is 0 Å². The molecule has 0 heterocycles. The molecule has 2 N–H and O–H groups in total. The normalized spacial score (nSPS) is 24.4. The molecule has 1 aliphatic rings. The van der Waals surface area contributed by atoms with Gasteiger partial charge in [0.05, 0.1) is 0 Å². The largest absolute Gasteiger partial charge is 0.330 e. The minimum absolute atomic E-state index is 0.702. The molecule has 1 nitrogen and oxygen atoms in total. The molecule has 0 saturated heterocycles. The second kappa shape index (κ2) is 6.38. The minimum Gasteiger partial charge on any atom is -0.330 e. The van der Waals surface area contributed by atoms with Crippen LogP contribution in [0, 0.1) is 11.8 Å². The summed E-state index contributed by atoms with van der Waals surface area (Å²) in [6.07, 6.45) is 6.57. The Morgan fingerprint density at radius 1 is 1.22 bits per heavy atom. The van der Waals surface area contributed by atoms with Crippen LogP contribution in [0.25, 0.3) is 0 Å². The minimum atomic E-state index is 0.702. The zero-order valence-electron chi connectivity index (χ0n) is 11.9. The van der Waals surface area contributed by atoms with Gasteiger partial charge in [0.1, 0.15) is 0 Å². The van der Waals surface area contributed by atoms with Gasteiger partial charge in [-0.25, -0.2) is 0 Å². The van der Waals surface area contributed by atoms with E-state index in [9.17, 15) is 0 Å². The van der Waals surface area contributed by atoms with Crippen LogP contribution in [0.1, 0.15) is 56.6 Å². The number of rotatable bonds is 4. The Labute approximate surface area is 112 Å². The predicted molar refractivity (Wildman–Crippen MR) is 78.7 cm³/mol. The Kier molecular flexibility index (Phi) is 4.82. The van der Waals surface area contributed by atoms with Crippen LogP contribution in [-0.4, -0.2) is 6.54 Å². The summed E-state index contributed by atoms with van der Waals surface area (Å²) in [6.45, 7) is 5.42. The fourth-order valence-corrected chi connectivity index (χ4v) is 3.35. The molecule has 0 spiro atoms. The van der Waals surface area contributed by atoms with E-state index in [0.717, 1.165) is 12.5 Å². The third-order valence-corrected chi connectivity index (χ3v) is 4.23. The van der Waals surface area contributed by atoms with Gasteiger partial charge >= 0.3 is 0 Å². The molecule has 0 aromatic heterocycles. The van der Waals surface area contributed by atoms with Gasteiger partial charge < -0.3 is 5.73 Å². The van der Waals surface area contributed by atoms with E-state index in [-0.39, 0.29) is 0 Å². The number of hydrogen-bond donors (Lipinski definition) is 1. The van der Waals surface area contributed by atoms with Crippen molar-refractivity contribution in [1.29, 1.82) is 0 Å². The van der Waals surface area contributed by atoms with E-state index >= 15 is 0 Å². The third-order valence-electron chi connectivity index (χ3n) is 4.23. The van der Waals surface area contributed by atoms with Crippen molar-refractivity contribution in [3.05, 3.63) is 35.4 Å². The Morgan fingerprint density at radius 3 is 2.72 bits per heavy atom. The molecule has 2 atom stereocenters. The maximum absolute atomic E-state index is 5.95. The fraction of sp³-hybridized carbons (Fsp3) is 0.647. The summed E-state index contributed by atoms with van der Waals surface area (Å²) in [5.74, 6) is 2.14. The van der Waals surface area contributed by atoms with Crippen molar-refractivity contribution < 1.29 is 0 Å². The standard InChI is InChI=1S/C17H27N/c1-13(2)10-14-6-5-8-15(11-14)17-9-4-3-7-16(17)12-18/h5-6,8,11,13,16-17H,3-4,7,9-10,12,18H2,1-2H3. The molecular formula is C17H27N. The van der Waals surface area contributed by atoms with E-state index in [1.807, 2.05) is 0 Å². The fourth-order valence-electron chi connectivity index (χ4n) is 3.35. The van der Waals surface area contributed by atoms with Crippen molar-refractivity contribution >= 4 is 0 Å². The molecule has 1 aromatic rings. The summed E-state index contributed by atoms with van der Waals surface area (Å²) >= 11 is 0. The van der Waals surface area contributed by atoms with Crippen molar-refractivity contribution in [2.75, 3.05) is 6.54 Å².